The van der Waals surface area contributed by atoms with E-state index in [0.717, 1.165) is 12.5 Å². The van der Waals surface area contributed by atoms with E-state index in [2.05, 4.69) is 11.1 Å². The summed E-state index contributed by atoms with van der Waals surface area (Å²) in [6.07, 6.45) is 4.21. The van der Waals surface area contributed by atoms with Crippen LogP contribution < -0.4 is 11.1 Å². The van der Waals surface area contributed by atoms with Crippen molar-refractivity contribution in [2.45, 2.75) is 19.3 Å². The van der Waals surface area contributed by atoms with Gasteiger partial charge in [0.15, 0.2) is 0 Å². The van der Waals surface area contributed by atoms with E-state index in [0.29, 0.717) is 0 Å². The van der Waals surface area contributed by atoms with Crippen LogP contribution in [0.25, 0.3) is 0 Å². The van der Waals surface area contributed by atoms with Crippen molar-refractivity contribution in [3.63, 3.8) is 0 Å². The number of rotatable bonds is 2. The molecule has 0 aromatic carbocycles. The minimum absolute atomic E-state index is 1.01. The van der Waals surface area contributed by atoms with Gasteiger partial charge >= 0.3 is 0 Å². The third-order valence-electron chi connectivity index (χ3n) is 2.17. The molecular weight excluding hydrogens is 112 g/mol. The smallest absolute Gasteiger partial charge is 0.0758 e. The highest BCUT2D eigenvalue weighted by molar-refractivity contribution is 4.59. The standard InChI is InChI=1S/C7H16N2/c8-4-1-7-2-5-9-6-3-7/h7,9H,1-6,8H2/p+2. The van der Waals surface area contributed by atoms with Gasteiger partial charge in [0, 0.05) is 0 Å². The van der Waals surface area contributed by atoms with Crippen LogP contribution in [0.4, 0.5) is 0 Å². The van der Waals surface area contributed by atoms with Gasteiger partial charge in [0.2, 0.25) is 0 Å². The van der Waals surface area contributed by atoms with Crippen molar-refractivity contribution in [2.75, 3.05) is 19.6 Å². The zero-order chi connectivity index (χ0) is 6.53. The van der Waals surface area contributed by atoms with Crippen molar-refractivity contribution in [3.8, 4) is 0 Å². The molecule has 2 nitrogen and oxygen atoms in total. The van der Waals surface area contributed by atoms with Gasteiger partial charge in [0.1, 0.15) is 0 Å². The number of piperidine rings is 1. The second-order valence-electron chi connectivity index (χ2n) is 2.95. The highest BCUT2D eigenvalue weighted by atomic mass is 14.9. The molecule has 0 aromatic heterocycles. The van der Waals surface area contributed by atoms with E-state index in [9.17, 15) is 0 Å². The fraction of sp³-hybridized carbons (Fsp3) is 1.00. The Kier molecular flexibility index (Phi) is 3.01. The Hall–Kier alpha value is -0.0800. The van der Waals surface area contributed by atoms with Crippen LogP contribution in [0.3, 0.4) is 0 Å². The van der Waals surface area contributed by atoms with Gasteiger partial charge < -0.3 is 11.1 Å². The Morgan fingerprint density at radius 3 is 2.56 bits per heavy atom. The second kappa shape index (κ2) is 3.85. The van der Waals surface area contributed by atoms with E-state index in [4.69, 9.17) is 0 Å². The summed E-state index contributed by atoms with van der Waals surface area (Å²) >= 11 is 0. The topological polar surface area (TPSA) is 44.2 Å². The molecule has 2 heteroatoms. The molecule has 0 aliphatic carbocycles. The molecule has 0 spiro atoms. The van der Waals surface area contributed by atoms with Crippen LogP contribution in [0.5, 0.6) is 0 Å². The van der Waals surface area contributed by atoms with Gasteiger partial charge in [-0.15, -0.1) is 0 Å². The molecule has 1 heterocycles. The predicted molar refractivity (Wildman–Crippen MR) is 36.8 cm³/mol. The summed E-state index contributed by atoms with van der Waals surface area (Å²) < 4.78 is 0. The Morgan fingerprint density at radius 2 is 2.00 bits per heavy atom. The van der Waals surface area contributed by atoms with Crippen molar-refractivity contribution < 1.29 is 11.1 Å². The lowest BCUT2D eigenvalue weighted by Gasteiger charge is -2.18. The highest BCUT2D eigenvalue weighted by Crippen LogP contribution is 2.11. The zero-order valence-electron chi connectivity index (χ0n) is 6.10. The molecule has 0 unspecified atom stereocenters. The van der Waals surface area contributed by atoms with Gasteiger partial charge in [-0.2, -0.15) is 0 Å². The molecule has 1 fully saturated rings. The second-order valence-corrected chi connectivity index (χ2v) is 2.95. The number of hydrogen-bond acceptors (Lipinski definition) is 0. The quantitative estimate of drug-likeness (QED) is 0.461. The molecule has 0 radical (unpaired) electrons. The Balaban J connectivity index is 2.08. The molecule has 1 rings (SSSR count). The maximum absolute atomic E-state index is 3.87. The first-order valence-electron chi connectivity index (χ1n) is 4.04. The van der Waals surface area contributed by atoms with Crippen molar-refractivity contribution in [2.24, 2.45) is 5.92 Å². The van der Waals surface area contributed by atoms with Gasteiger partial charge in [0.05, 0.1) is 19.6 Å². The van der Waals surface area contributed by atoms with E-state index >= 15 is 0 Å². The Morgan fingerprint density at radius 1 is 1.33 bits per heavy atom. The molecule has 0 amide bonds. The lowest BCUT2D eigenvalue weighted by Crippen LogP contribution is -2.86. The molecule has 54 valence electrons. The molecule has 0 bridgehead atoms. The van der Waals surface area contributed by atoms with E-state index in [-0.39, 0.29) is 0 Å². The zero-order valence-corrected chi connectivity index (χ0v) is 6.10. The van der Waals surface area contributed by atoms with Gasteiger partial charge in [-0.25, -0.2) is 0 Å². The van der Waals surface area contributed by atoms with Crippen LogP contribution in [-0.2, 0) is 0 Å². The van der Waals surface area contributed by atoms with Crippen LogP contribution in [0.1, 0.15) is 19.3 Å². The molecule has 9 heavy (non-hydrogen) atoms. The molecule has 1 aliphatic heterocycles. The van der Waals surface area contributed by atoms with Crippen molar-refractivity contribution in [3.05, 3.63) is 0 Å². The number of quaternary nitrogens is 2. The van der Waals surface area contributed by atoms with Crippen LogP contribution in [0, 0.1) is 5.92 Å². The van der Waals surface area contributed by atoms with Gasteiger partial charge in [0.25, 0.3) is 0 Å². The van der Waals surface area contributed by atoms with Crippen molar-refractivity contribution in [1.29, 1.82) is 0 Å². The third kappa shape index (κ3) is 2.33. The Bertz CT molecular complexity index is 64.6. The Labute approximate surface area is 56.8 Å². The van der Waals surface area contributed by atoms with E-state index < -0.39 is 0 Å². The maximum Gasteiger partial charge on any atom is 0.0758 e. The molecule has 5 N–H and O–H groups in total. The molecule has 0 aromatic rings. The summed E-state index contributed by atoms with van der Waals surface area (Å²) in [7, 11) is 0. The van der Waals surface area contributed by atoms with E-state index in [1.54, 1.807) is 0 Å². The summed E-state index contributed by atoms with van der Waals surface area (Å²) in [4.78, 5) is 0. The SMILES string of the molecule is [NH3+]CCC1CC[NH2+]CC1. The van der Waals surface area contributed by atoms with Crippen LogP contribution in [-0.4, -0.2) is 19.6 Å². The summed E-state index contributed by atoms with van der Waals surface area (Å²) in [6.45, 7) is 3.83. The molecule has 0 saturated carbocycles. The predicted octanol–water partition coefficient (Wildman–Crippen LogP) is -1.41. The minimum atomic E-state index is 1.01. The molecule has 1 aliphatic rings. The molecule has 1 saturated heterocycles. The molecule has 0 atom stereocenters. The van der Waals surface area contributed by atoms with Crippen molar-refractivity contribution >= 4 is 0 Å². The van der Waals surface area contributed by atoms with E-state index in [1.807, 2.05) is 0 Å². The first-order valence-corrected chi connectivity index (χ1v) is 4.04. The maximum atomic E-state index is 3.87. The fourth-order valence-electron chi connectivity index (χ4n) is 1.57. The molecular formula is C7H18N2+2. The van der Waals surface area contributed by atoms with Gasteiger partial charge in [-0.05, 0) is 25.2 Å². The first-order chi connectivity index (χ1) is 4.43. The van der Waals surface area contributed by atoms with Gasteiger partial charge in [-0.1, -0.05) is 0 Å². The lowest BCUT2D eigenvalue weighted by atomic mass is 9.95. The monoisotopic (exact) mass is 130 g/mol. The summed E-state index contributed by atoms with van der Waals surface area (Å²) in [5.41, 5.74) is 3.87. The van der Waals surface area contributed by atoms with Crippen LogP contribution >= 0.6 is 0 Å². The largest absolute Gasteiger partial charge is 0.358 e. The average molecular weight is 130 g/mol. The van der Waals surface area contributed by atoms with Crippen LogP contribution in [0.2, 0.25) is 0 Å². The fourth-order valence-corrected chi connectivity index (χ4v) is 1.57. The van der Waals surface area contributed by atoms with Crippen molar-refractivity contribution in [1.82, 2.24) is 0 Å². The third-order valence-corrected chi connectivity index (χ3v) is 2.17. The van der Waals surface area contributed by atoms with Gasteiger partial charge in [-0.3, -0.25) is 0 Å². The first kappa shape index (κ1) is 7.03. The summed E-state index contributed by atoms with van der Waals surface area (Å²) in [6, 6.07) is 0. The number of nitrogens with two attached hydrogens (primary N) is 1. The van der Waals surface area contributed by atoms with Crippen LogP contribution in [0.15, 0.2) is 0 Å². The lowest BCUT2D eigenvalue weighted by molar-refractivity contribution is -0.665. The summed E-state index contributed by atoms with van der Waals surface area (Å²) in [5, 5.41) is 2.42. The average Bonchev–Trinajstić information content (AvgIpc) is 1.91. The van der Waals surface area contributed by atoms with E-state index in [1.165, 1.54) is 32.4 Å². The normalized spacial score (nSPS) is 22.3. The number of hydrogen-bond donors (Lipinski definition) is 2. The minimum Gasteiger partial charge on any atom is -0.358 e. The highest BCUT2D eigenvalue weighted by Gasteiger charge is 2.14. The summed E-state index contributed by atoms with van der Waals surface area (Å²) in [5.74, 6) is 1.01.